The van der Waals surface area contributed by atoms with E-state index in [2.05, 4.69) is 15.6 Å². The molecule has 0 aliphatic rings. The Morgan fingerprint density at radius 2 is 1.71 bits per heavy atom. The molecule has 1 aromatic heterocycles. The number of nitrogens with one attached hydrogen (secondary N) is 2. The Balaban J connectivity index is 1.65. The molecule has 24 heavy (non-hydrogen) atoms. The summed E-state index contributed by atoms with van der Waals surface area (Å²) in [5.74, 6) is -0.210. The van der Waals surface area contributed by atoms with E-state index in [1.807, 2.05) is 48.5 Å². The largest absolute Gasteiger partial charge is 0.355 e. The molecule has 0 bridgehead atoms. The zero-order valence-corrected chi connectivity index (χ0v) is 13.6. The lowest BCUT2D eigenvalue weighted by Crippen LogP contribution is -2.23. The van der Waals surface area contributed by atoms with Gasteiger partial charge in [0.25, 0.3) is 5.91 Å². The van der Waals surface area contributed by atoms with E-state index in [1.54, 1.807) is 24.4 Å². The van der Waals surface area contributed by atoms with Crippen LogP contribution >= 0.6 is 11.6 Å². The quantitative estimate of drug-likeness (QED) is 0.725. The van der Waals surface area contributed by atoms with Crippen LogP contribution in [0.1, 0.15) is 16.1 Å². The van der Waals surface area contributed by atoms with E-state index in [9.17, 15) is 4.79 Å². The Morgan fingerprint density at radius 1 is 0.958 bits per heavy atom. The number of aromatic nitrogens is 1. The third-order valence-electron chi connectivity index (χ3n) is 3.42. The average molecular weight is 338 g/mol. The molecule has 0 aliphatic carbocycles. The van der Waals surface area contributed by atoms with Crippen LogP contribution in [0.5, 0.6) is 0 Å². The van der Waals surface area contributed by atoms with Gasteiger partial charge < -0.3 is 10.6 Å². The van der Waals surface area contributed by atoms with Gasteiger partial charge >= 0.3 is 0 Å². The fourth-order valence-electron chi connectivity index (χ4n) is 2.20. The lowest BCUT2D eigenvalue weighted by atomic mass is 10.2. The van der Waals surface area contributed by atoms with Gasteiger partial charge in [0.2, 0.25) is 0 Å². The van der Waals surface area contributed by atoms with Gasteiger partial charge in [0.1, 0.15) is 5.69 Å². The number of halogens is 1. The van der Waals surface area contributed by atoms with E-state index in [-0.39, 0.29) is 5.91 Å². The van der Waals surface area contributed by atoms with Crippen molar-refractivity contribution in [3.63, 3.8) is 0 Å². The minimum atomic E-state index is -0.210. The van der Waals surface area contributed by atoms with Crippen molar-refractivity contribution in [2.45, 2.75) is 6.54 Å². The summed E-state index contributed by atoms with van der Waals surface area (Å²) >= 11 is 5.88. The topological polar surface area (TPSA) is 54.0 Å². The Labute approximate surface area is 145 Å². The van der Waals surface area contributed by atoms with Crippen LogP contribution in [0.3, 0.4) is 0 Å². The zero-order chi connectivity index (χ0) is 16.8. The number of benzene rings is 2. The second kappa shape index (κ2) is 7.62. The van der Waals surface area contributed by atoms with Gasteiger partial charge in [-0.2, -0.15) is 0 Å². The van der Waals surface area contributed by atoms with Gasteiger partial charge in [-0.3, -0.25) is 9.78 Å². The van der Waals surface area contributed by atoms with Gasteiger partial charge in [0, 0.05) is 29.1 Å². The van der Waals surface area contributed by atoms with Crippen LogP contribution in [0, 0.1) is 0 Å². The molecule has 0 saturated carbocycles. The van der Waals surface area contributed by atoms with Crippen LogP contribution < -0.4 is 10.6 Å². The van der Waals surface area contributed by atoms with Gasteiger partial charge in [0.15, 0.2) is 0 Å². The average Bonchev–Trinajstić information content (AvgIpc) is 2.63. The Hall–Kier alpha value is -2.85. The molecule has 5 heteroatoms. The molecule has 4 nitrogen and oxygen atoms in total. The minimum Gasteiger partial charge on any atom is -0.355 e. The molecule has 1 amide bonds. The summed E-state index contributed by atoms with van der Waals surface area (Å²) in [4.78, 5) is 16.4. The number of rotatable bonds is 5. The molecule has 0 aliphatic heterocycles. The van der Waals surface area contributed by atoms with Crippen molar-refractivity contribution in [3.05, 3.63) is 89.2 Å². The first-order valence-corrected chi connectivity index (χ1v) is 7.89. The fraction of sp³-hybridized carbons (Fsp3) is 0.0526. The number of hydrogen-bond donors (Lipinski definition) is 2. The number of nitrogens with zero attached hydrogens (tertiary/aromatic N) is 1. The maximum atomic E-state index is 12.2. The Morgan fingerprint density at radius 3 is 2.46 bits per heavy atom. The second-order valence-corrected chi connectivity index (χ2v) is 5.67. The van der Waals surface area contributed by atoms with Gasteiger partial charge in [-0.1, -0.05) is 41.9 Å². The smallest absolute Gasteiger partial charge is 0.270 e. The highest BCUT2D eigenvalue weighted by molar-refractivity contribution is 6.30. The van der Waals surface area contributed by atoms with E-state index in [0.717, 1.165) is 16.9 Å². The zero-order valence-electron chi connectivity index (χ0n) is 12.9. The number of hydrogen-bond acceptors (Lipinski definition) is 3. The van der Waals surface area contributed by atoms with Crippen LogP contribution in [-0.2, 0) is 6.54 Å². The van der Waals surface area contributed by atoms with Crippen LogP contribution in [-0.4, -0.2) is 10.9 Å². The van der Waals surface area contributed by atoms with Crippen LogP contribution in [0.15, 0.2) is 72.9 Å². The minimum absolute atomic E-state index is 0.210. The van der Waals surface area contributed by atoms with Crippen molar-refractivity contribution in [2.24, 2.45) is 0 Å². The molecule has 0 fully saturated rings. The highest BCUT2D eigenvalue weighted by atomic mass is 35.5. The number of amides is 1. The highest BCUT2D eigenvalue weighted by Gasteiger charge is 2.08. The summed E-state index contributed by atoms with van der Waals surface area (Å²) in [5.41, 5.74) is 3.09. The molecule has 2 aromatic carbocycles. The van der Waals surface area contributed by atoms with Crippen LogP contribution in [0.4, 0.5) is 11.4 Å². The van der Waals surface area contributed by atoms with Crippen molar-refractivity contribution in [2.75, 3.05) is 5.32 Å². The molecule has 0 saturated heterocycles. The first-order chi connectivity index (χ1) is 11.7. The number of carbonyl (C=O) groups excluding carboxylic acids is 1. The first kappa shape index (κ1) is 16.0. The van der Waals surface area contributed by atoms with Crippen molar-refractivity contribution in [3.8, 4) is 0 Å². The Bertz CT molecular complexity index is 820. The van der Waals surface area contributed by atoms with E-state index in [0.29, 0.717) is 17.3 Å². The summed E-state index contributed by atoms with van der Waals surface area (Å²) in [6.07, 6.45) is 1.61. The molecular formula is C19H16ClN3O. The molecular weight excluding hydrogens is 322 g/mol. The summed E-state index contributed by atoms with van der Waals surface area (Å²) < 4.78 is 0. The van der Waals surface area contributed by atoms with Crippen molar-refractivity contribution in [1.82, 2.24) is 10.3 Å². The van der Waals surface area contributed by atoms with Crippen molar-refractivity contribution < 1.29 is 4.79 Å². The molecule has 0 radical (unpaired) electrons. The maximum Gasteiger partial charge on any atom is 0.270 e. The predicted octanol–water partition coefficient (Wildman–Crippen LogP) is 4.41. The number of carbonyl (C=O) groups is 1. The van der Waals surface area contributed by atoms with E-state index >= 15 is 0 Å². The molecule has 3 rings (SSSR count). The van der Waals surface area contributed by atoms with Crippen molar-refractivity contribution >= 4 is 28.9 Å². The highest BCUT2D eigenvalue weighted by Crippen LogP contribution is 2.19. The van der Waals surface area contributed by atoms with E-state index in [1.165, 1.54) is 0 Å². The molecule has 120 valence electrons. The summed E-state index contributed by atoms with van der Waals surface area (Å²) in [5, 5.41) is 6.77. The molecule has 3 aromatic rings. The first-order valence-electron chi connectivity index (χ1n) is 7.51. The third kappa shape index (κ3) is 4.33. The molecule has 1 heterocycles. The lowest BCUT2D eigenvalue weighted by Gasteiger charge is -2.09. The fourth-order valence-corrected chi connectivity index (χ4v) is 2.33. The molecule has 0 atom stereocenters. The van der Waals surface area contributed by atoms with Gasteiger partial charge in [0.05, 0.1) is 0 Å². The van der Waals surface area contributed by atoms with E-state index < -0.39 is 0 Å². The van der Waals surface area contributed by atoms with Crippen LogP contribution in [0.25, 0.3) is 0 Å². The molecule has 2 N–H and O–H groups in total. The SMILES string of the molecule is O=C(NCc1ccccc1)c1cc(Nc2ccc(Cl)cc2)ccn1. The standard InChI is InChI=1S/C19H16ClN3O/c20-15-6-8-16(9-7-15)23-17-10-11-21-18(12-17)19(24)22-13-14-4-2-1-3-5-14/h1-12H,13H2,(H,21,23)(H,22,24). The molecule has 0 unspecified atom stereocenters. The number of anilines is 2. The third-order valence-corrected chi connectivity index (χ3v) is 3.67. The lowest BCUT2D eigenvalue weighted by molar-refractivity contribution is 0.0946. The maximum absolute atomic E-state index is 12.2. The van der Waals surface area contributed by atoms with E-state index in [4.69, 9.17) is 11.6 Å². The summed E-state index contributed by atoms with van der Waals surface area (Å²) in [6, 6.07) is 20.6. The number of pyridine rings is 1. The predicted molar refractivity (Wildman–Crippen MR) is 96.6 cm³/mol. The van der Waals surface area contributed by atoms with Gasteiger partial charge in [-0.15, -0.1) is 0 Å². The summed E-state index contributed by atoms with van der Waals surface area (Å²) in [7, 11) is 0. The Kier molecular flexibility index (Phi) is 5.08. The van der Waals surface area contributed by atoms with Crippen LogP contribution in [0.2, 0.25) is 5.02 Å². The normalized spacial score (nSPS) is 10.2. The van der Waals surface area contributed by atoms with Gasteiger partial charge in [-0.05, 0) is 42.0 Å². The summed E-state index contributed by atoms with van der Waals surface area (Å²) in [6.45, 7) is 0.468. The second-order valence-electron chi connectivity index (χ2n) is 5.23. The monoisotopic (exact) mass is 337 g/mol. The van der Waals surface area contributed by atoms with Crippen molar-refractivity contribution in [1.29, 1.82) is 0 Å². The molecule has 0 spiro atoms. The van der Waals surface area contributed by atoms with Gasteiger partial charge in [-0.25, -0.2) is 0 Å².